The molecule has 0 saturated carbocycles. The molecule has 0 bridgehead atoms. The Kier molecular flexibility index (Phi) is 7.37. The number of halogens is 2. The van der Waals surface area contributed by atoms with Gasteiger partial charge in [-0.1, -0.05) is 41.9 Å². The third-order valence-corrected chi connectivity index (χ3v) is 3.35. The molecule has 0 aliphatic rings. The first-order valence-electron chi connectivity index (χ1n) is 6.43. The number of hydrogen-bond acceptors (Lipinski definition) is 3. The maximum atomic E-state index is 6.14. The van der Waals surface area contributed by atoms with Crippen LogP contribution in [0, 0.1) is 0 Å². The van der Waals surface area contributed by atoms with Crippen molar-refractivity contribution < 1.29 is 9.47 Å². The average Bonchev–Trinajstić information content (AvgIpc) is 2.47. The highest BCUT2D eigenvalue weighted by Gasteiger charge is 2.11. The molecule has 0 radical (unpaired) electrons. The summed E-state index contributed by atoms with van der Waals surface area (Å²) in [6.07, 6.45) is 0. The van der Waals surface area contributed by atoms with E-state index in [9.17, 15) is 0 Å². The zero-order chi connectivity index (χ0) is 14.4. The molecule has 3 nitrogen and oxygen atoms in total. The Bertz CT molecular complexity index is 576. The highest BCUT2D eigenvalue weighted by molar-refractivity contribution is 6.31. The highest BCUT2D eigenvalue weighted by atomic mass is 35.5. The predicted octanol–water partition coefficient (Wildman–Crippen LogP) is 4.07. The van der Waals surface area contributed by atoms with Crippen molar-refractivity contribution in [2.24, 2.45) is 0 Å². The van der Waals surface area contributed by atoms with Gasteiger partial charge in [0.05, 0.1) is 7.11 Å². The van der Waals surface area contributed by atoms with Crippen LogP contribution in [0.2, 0.25) is 5.02 Å². The molecular weight excluding hydrogens is 309 g/mol. The number of nitrogens with one attached hydrogen (secondary N) is 1. The lowest BCUT2D eigenvalue weighted by molar-refractivity contribution is 0.281. The van der Waals surface area contributed by atoms with Crippen molar-refractivity contribution >= 4 is 24.0 Å². The van der Waals surface area contributed by atoms with E-state index in [4.69, 9.17) is 21.1 Å². The Balaban J connectivity index is 0.00000220. The molecule has 2 aromatic carbocycles. The second-order valence-electron chi connectivity index (χ2n) is 4.36. The molecule has 0 spiro atoms. The summed E-state index contributed by atoms with van der Waals surface area (Å²) in [6, 6.07) is 13.5. The van der Waals surface area contributed by atoms with Crippen LogP contribution in [0.1, 0.15) is 11.1 Å². The molecule has 0 unspecified atom stereocenters. The Labute approximate surface area is 136 Å². The maximum absolute atomic E-state index is 6.14. The van der Waals surface area contributed by atoms with E-state index in [0.29, 0.717) is 11.6 Å². The fourth-order valence-corrected chi connectivity index (χ4v) is 2.17. The van der Waals surface area contributed by atoms with Gasteiger partial charge in [-0.3, -0.25) is 0 Å². The van der Waals surface area contributed by atoms with Crippen LogP contribution in [0.5, 0.6) is 11.5 Å². The van der Waals surface area contributed by atoms with Crippen LogP contribution in [0.4, 0.5) is 0 Å². The van der Waals surface area contributed by atoms with Crippen LogP contribution in [-0.4, -0.2) is 14.2 Å². The zero-order valence-electron chi connectivity index (χ0n) is 12.1. The van der Waals surface area contributed by atoms with Gasteiger partial charge in [0.25, 0.3) is 0 Å². The fourth-order valence-electron chi connectivity index (χ4n) is 1.98. The van der Waals surface area contributed by atoms with Gasteiger partial charge in [-0.05, 0) is 19.2 Å². The second-order valence-corrected chi connectivity index (χ2v) is 4.77. The van der Waals surface area contributed by atoms with E-state index in [1.54, 1.807) is 7.11 Å². The first kappa shape index (κ1) is 17.6. The number of methoxy groups -OCH3 is 1. The van der Waals surface area contributed by atoms with Gasteiger partial charge in [0.1, 0.15) is 6.61 Å². The van der Waals surface area contributed by atoms with Gasteiger partial charge in [-0.2, -0.15) is 0 Å². The Hall–Kier alpha value is -1.42. The standard InChI is InChI=1S/C16H18ClNO2.ClH/c1-18-10-12-7-5-9-15(19-2)16(12)20-11-13-6-3-4-8-14(13)17;/h3-9,18H,10-11H2,1-2H3;1H. The number of hydrogen-bond donors (Lipinski definition) is 1. The lowest BCUT2D eigenvalue weighted by atomic mass is 10.1. The summed E-state index contributed by atoms with van der Waals surface area (Å²) in [5.41, 5.74) is 2.01. The van der Waals surface area contributed by atoms with E-state index in [1.165, 1.54) is 0 Å². The van der Waals surface area contributed by atoms with Crippen LogP contribution in [0.15, 0.2) is 42.5 Å². The fraction of sp³-hybridized carbons (Fsp3) is 0.250. The molecule has 0 heterocycles. The van der Waals surface area contributed by atoms with E-state index in [0.717, 1.165) is 29.2 Å². The molecule has 21 heavy (non-hydrogen) atoms. The Morgan fingerprint density at radius 2 is 1.76 bits per heavy atom. The summed E-state index contributed by atoms with van der Waals surface area (Å²) in [4.78, 5) is 0. The van der Waals surface area contributed by atoms with Crippen molar-refractivity contribution in [2.75, 3.05) is 14.2 Å². The van der Waals surface area contributed by atoms with Crippen molar-refractivity contribution in [1.82, 2.24) is 5.32 Å². The summed E-state index contributed by atoms with van der Waals surface area (Å²) < 4.78 is 11.3. The molecule has 0 amide bonds. The summed E-state index contributed by atoms with van der Waals surface area (Å²) in [5.74, 6) is 1.48. The second kappa shape index (κ2) is 8.78. The van der Waals surface area contributed by atoms with E-state index in [-0.39, 0.29) is 12.4 Å². The first-order valence-corrected chi connectivity index (χ1v) is 6.80. The highest BCUT2D eigenvalue weighted by Crippen LogP contribution is 2.32. The molecular formula is C16H19Cl2NO2. The van der Waals surface area contributed by atoms with Gasteiger partial charge >= 0.3 is 0 Å². The third kappa shape index (κ3) is 4.53. The van der Waals surface area contributed by atoms with Gasteiger partial charge in [0.2, 0.25) is 0 Å². The van der Waals surface area contributed by atoms with Gasteiger partial charge in [-0.25, -0.2) is 0 Å². The van der Waals surface area contributed by atoms with Gasteiger partial charge in [-0.15, -0.1) is 12.4 Å². The minimum atomic E-state index is 0. The normalized spacial score (nSPS) is 9.86. The SMILES string of the molecule is CNCc1cccc(OC)c1OCc1ccccc1Cl.Cl. The van der Waals surface area contributed by atoms with Gasteiger partial charge < -0.3 is 14.8 Å². The lowest BCUT2D eigenvalue weighted by Crippen LogP contribution is -2.08. The largest absolute Gasteiger partial charge is 0.493 e. The predicted molar refractivity (Wildman–Crippen MR) is 88.8 cm³/mol. The molecule has 0 fully saturated rings. The quantitative estimate of drug-likeness (QED) is 0.867. The average molecular weight is 328 g/mol. The molecule has 0 aliphatic carbocycles. The van der Waals surface area contributed by atoms with Crippen LogP contribution in [-0.2, 0) is 13.2 Å². The van der Waals surface area contributed by atoms with E-state index in [1.807, 2.05) is 49.5 Å². The third-order valence-electron chi connectivity index (χ3n) is 2.98. The van der Waals surface area contributed by atoms with Crippen molar-refractivity contribution in [3.05, 3.63) is 58.6 Å². The maximum Gasteiger partial charge on any atom is 0.166 e. The monoisotopic (exact) mass is 327 g/mol. The van der Waals surface area contributed by atoms with Crippen LogP contribution >= 0.6 is 24.0 Å². The molecule has 0 aliphatic heterocycles. The van der Waals surface area contributed by atoms with Crippen molar-refractivity contribution in [2.45, 2.75) is 13.2 Å². The number of benzene rings is 2. The topological polar surface area (TPSA) is 30.5 Å². The van der Waals surface area contributed by atoms with Crippen LogP contribution in [0.25, 0.3) is 0 Å². The first-order chi connectivity index (χ1) is 9.76. The molecule has 1 N–H and O–H groups in total. The van der Waals surface area contributed by atoms with Crippen molar-refractivity contribution in [3.63, 3.8) is 0 Å². The number of para-hydroxylation sites is 1. The van der Waals surface area contributed by atoms with Gasteiger partial charge in [0, 0.05) is 22.7 Å². The summed E-state index contributed by atoms with van der Waals surface area (Å²) in [5, 5.41) is 3.83. The number of rotatable bonds is 6. The van der Waals surface area contributed by atoms with E-state index in [2.05, 4.69) is 5.32 Å². The molecule has 2 rings (SSSR count). The van der Waals surface area contributed by atoms with Gasteiger partial charge in [0.15, 0.2) is 11.5 Å². The number of ether oxygens (including phenoxy) is 2. The minimum absolute atomic E-state index is 0. The summed E-state index contributed by atoms with van der Waals surface area (Å²) in [7, 11) is 3.54. The summed E-state index contributed by atoms with van der Waals surface area (Å²) >= 11 is 6.14. The summed E-state index contributed by atoms with van der Waals surface area (Å²) in [6.45, 7) is 1.13. The lowest BCUT2D eigenvalue weighted by Gasteiger charge is -2.15. The Morgan fingerprint density at radius 1 is 1.05 bits per heavy atom. The minimum Gasteiger partial charge on any atom is -0.493 e. The molecule has 0 atom stereocenters. The Morgan fingerprint density at radius 3 is 2.43 bits per heavy atom. The molecule has 0 saturated heterocycles. The smallest absolute Gasteiger partial charge is 0.166 e. The molecule has 5 heteroatoms. The van der Waals surface area contributed by atoms with E-state index >= 15 is 0 Å². The van der Waals surface area contributed by atoms with Crippen molar-refractivity contribution in [3.8, 4) is 11.5 Å². The van der Waals surface area contributed by atoms with Crippen molar-refractivity contribution in [1.29, 1.82) is 0 Å². The molecule has 114 valence electrons. The van der Waals surface area contributed by atoms with Crippen LogP contribution in [0.3, 0.4) is 0 Å². The zero-order valence-corrected chi connectivity index (χ0v) is 13.6. The molecule has 2 aromatic rings. The van der Waals surface area contributed by atoms with E-state index < -0.39 is 0 Å². The van der Waals surface area contributed by atoms with Crippen LogP contribution < -0.4 is 14.8 Å². The molecule has 0 aromatic heterocycles.